The standard InChI is InChI=1S/C24H25F5N6O2/c1-14-8-23(25,26)13-35(19(14)11-32-20-7-4-15(9-31-20)24(27,28)29)22(36)21-17(12-34(2)33-21)18-6-5-16(37-3)10-30-18/h4-7,9-10,12,14,19H,8,11,13H2,1-3H3,(H,31,32)/t14-,19?/m1/s1. The van der Waals surface area contributed by atoms with Gasteiger partial charge in [-0.1, -0.05) is 6.92 Å². The van der Waals surface area contributed by atoms with Crippen molar-refractivity contribution in [2.45, 2.75) is 31.5 Å². The molecular weight excluding hydrogens is 499 g/mol. The number of piperidine rings is 1. The van der Waals surface area contributed by atoms with E-state index in [9.17, 15) is 26.7 Å². The van der Waals surface area contributed by atoms with Gasteiger partial charge in [0.05, 0.1) is 42.7 Å². The molecule has 1 fully saturated rings. The highest BCUT2D eigenvalue weighted by Gasteiger charge is 2.47. The van der Waals surface area contributed by atoms with E-state index in [0.717, 1.165) is 17.0 Å². The Bertz CT molecular complexity index is 1240. The molecule has 2 atom stereocenters. The van der Waals surface area contributed by atoms with Crippen LogP contribution in [0, 0.1) is 5.92 Å². The molecule has 0 aromatic carbocycles. The van der Waals surface area contributed by atoms with Gasteiger partial charge in [0.2, 0.25) is 0 Å². The van der Waals surface area contributed by atoms with Crippen molar-refractivity contribution in [3.8, 4) is 17.0 Å². The molecule has 3 aromatic heterocycles. The molecule has 1 aliphatic rings. The number of hydrogen-bond acceptors (Lipinski definition) is 6. The van der Waals surface area contributed by atoms with E-state index < -0.39 is 48.5 Å². The molecule has 0 aliphatic carbocycles. The van der Waals surface area contributed by atoms with Crippen molar-refractivity contribution in [3.63, 3.8) is 0 Å². The number of nitrogens with one attached hydrogen (secondary N) is 1. The fourth-order valence-corrected chi connectivity index (χ4v) is 4.38. The van der Waals surface area contributed by atoms with E-state index in [1.54, 1.807) is 32.3 Å². The highest BCUT2D eigenvalue weighted by Crippen LogP contribution is 2.36. The third kappa shape index (κ3) is 5.81. The number of amides is 1. The van der Waals surface area contributed by atoms with Crippen LogP contribution >= 0.6 is 0 Å². The SMILES string of the molecule is COc1ccc(-c2cn(C)nc2C(=O)N2CC(F)(F)C[C@@H](C)C2CNc2ccc(C(F)(F)F)cn2)nc1. The van der Waals surface area contributed by atoms with E-state index in [4.69, 9.17) is 4.74 Å². The van der Waals surface area contributed by atoms with Crippen molar-refractivity contribution in [3.05, 3.63) is 54.1 Å². The molecule has 13 heteroatoms. The van der Waals surface area contributed by atoms with Gasteiger partial charge in [-0.2, -0.15) is 18.3 Å². The highest BCUT2D eigenvalue weighted by atomic mass is 19.4. The van der Waals surface area contributed by atoms with Gasteiger partial charge in [0.1, 0.15) is 11.6 Å². The maximum absolute atomic E-state index is 14.6. The van der Waals surface area contributed by atoms with Gasteiger partial charge in [0, 0.05) is 32.4 Å². The number of pyridine rings is 2. The molecule has 1 aliphatic heterocycles. The van der Waals surface area contributed by atoms with Crippen molar-refractivity contribution < 1.29 is 31.5 Å². The summed E-state index contributed by atoms with van der Waals surface area (Å²) >= 11 is 0. The number of ether oxygens (including phenoxy) is 1. The summed E-state index contributed by atoms with van der Waals surface area (Å²) < 4.78 is 74.2. The van der Waals surface area contributed by atoms with E-state index in [-0.39, 0.29) is 18.1 Å². The monoisotopic (exact) mass is 524 g/mol. The Hall–Kier alpha value is -3.77. The number of carbonyl (C=O) groups is 1. The lowest BCUT2D eigenvalue weighted by Crippen LogP contribution is -2.57. The first-order valence-electron chi connectivity index (χ1n) is 11.4. The summed E-state index contributed by atoms with van der Waals surface area (Å²) in [5, 5.41) is 7.12. The Balaban J connectivity index is 1.60. The predicted molar refractivity (Wildman–Crippen MR) is 124 cm³/mol. The summed E-state index contributed by atoms with van der Waals surface area (Å²) in [4.78, 5) is 22.8. The molecule has 0 radical (unpaired) electrons. The van der Waals surface area contributed by atoms with E-state index in [2.05, 4.69) is 20.4 Å². The van der Waals surface area contributed by atoms with Gasteiger partial charge in [-0.25, -0.2) is 13.8 Å². The molecule has 3 aromatic rings. The Labute approximate surface area is 209 Å². The topological polar surface area (TPSA) is 85.2 Å². The van der Waals surface area contributed by atoms with Crippen LogP contribution in [-0.4, -0.2) is 62.7 Å². The highest BCUT2D eigenvalue weighted by molar-refractivity contribution is 5.98. The zero-order valence-corrected chi connectivity index (χ0v) is 20.3. The molecule has 0 saturated carbocycles. The minimum atomic E-state index is -4.53. The quantitative estimate of drug-likeness (QED) is 0.478. The van der Waals surface area contributed by atoms with Gasteiger partial charge in [-0.05, 0) is 30.2 Å². The Morgan fingerprint density at radius 2 is 1.95 bits per heavy atom. The fourth-order valence-electron chi connectivity index (χ4n) is 4.38. The van der Waals surface area contributed by atoms with Gasteiger partial charge < -0.3 is 15.0 Å². The third-order valence-electron chi connectivity index (χ3n) is 6.20. The Kier molecular flexibility index (Phi) is 7.07. The number of aromatic nitrogens is 4. The average Bonchev–Trinajstić information content (AvgIpc) is 3.23. The molecule has 198 valence electrons. The summed E-state index contributed by atoms with van der Waals surface area (Å²) in [7, 11) is 3.09. The van der Waals surface area contributed by atoms with Gasteiger partial charge in [0.15, 0.2) is 5.69 Å². The van der Waals surface area contributed by atoms with Crippen LogP contribution in [0.5, 0.6) is 5.75 Å². The normalized spacial score (nSPS) is 19.5. The zero-order valence-electron chi connectivity index (χ0n) is 20.3. The molecule has 1 saturated heterocycles. The van der Waals surface area contributed by atoms with E-state index in [1.165, 1.54) is 18.0 Å². The smallest absolute Gasteiger partial charge is 0.417 e. The summed E-state index contributed by atoms with van der Waals surface area (Å²) in [5.41, 5.74) is -0.163. The first-order valence-corrected chi connectivity index (χ1v) is 11.4. The van der Waals surface area contributed by atoms with Gasteiger partial charge in [-0.3, -0.25) is 14.5 Å². The minimum Gasteiger partial charge on any atom is -0.495 e. The number of nitrogens with zero attached hydrogens (tertiary/aromatic N) is 5. The zero-order chi connectivity index (χ0) is 27.0. The summed E-state index contributed by atoms with van der Waals surface area (Å²) in [6.07, 6.45) is -1.24. The number of methoxy groups -OCH3 is 1. The molecule has 0 spiro atoms. The number of likely N-dealkylation sites (tertiary alicyclic amines) is 1. The maximum atomic E-state index is 14.6. The third-order valence-corrected chi connectivity index (χ3v) is 6.20. The van der Waals surface area contributed by atoms with Crippen LogP contribution in [0.25, 0.3) is 11.3 Å². The molecule has 8 nitrogen and oxygen atoms in total. The lowest BCUT2D eigenvalue weighted by molar-refractivity contribution is -0.137. The van der Waals surface area contributed by atoms with Crippen LogP contribution in [0.15, 0.2) is 42.9 Å². The number of hydrogen-bond donors (Lipinski definition) is 1. The summed E-state index contributed by atoms with van der Waals surface area (Å²) in [5.74, 6) is -3.81. The lowest BCUT2D eigenvalue weighted by Gasteiger charge is -2.43. The van der Waals surface area contributed by atoms with Gasteiger partial charge in [0.25, 0.3) is 11.8 Å². The second kappa shape index (κ2) is 9.94. The van der Waals surface area contributed by atoms with Crippen molar-refractivity contribution in [2.24, 2.45) is 13.0 Å². The second-order valence-electron chi connectivity index (χ2n) is 9.00. The average molecular weight is 524 g/mol. The molecule has 4 rings (SSSR count). The Morgan fingerprint density at radius 1 is 1.19 bits per heavy atom. The van der Waals surface area contributed by atoms with E-state index in [0.29, 0.717) is 23.2 Å². The lowest BCUT2D eigenvalue weighted by atomic mass is 9.88. The maximum Gasteiger partial charge on any atom is 0.417 e. The number of alkyl halides is 5. The molecule has 4 heterocycles. The number of halogens is 5. The van der Waals surface area contributed by atoms with E-state index in [1.807, 2.05) is 0 Å². The van der Waals surface area contributed by atoms with Crippen molar-refractivity contribution in [2.75, 3.05) is 25.5 Å². The number of carbonyl (C=O) groups excluding carboxylic acids is 1. The molecular formula is C24H25F5N6O2. The molecule has 1 amide bonds. The molecule has 1 unspecified atom stereocenters. The molecule has 0 bridgehead atoms. The van der Waals surface area contributed by atoms with Gasteiger partial charge in [-0.15, -0.1) is 0 Å². The largest absolute Gasteiger partial charge is 0.495 e. The predicted octanol–water partition coefficient (Wildman–Crippen LogP) is 4.50. The van der Waals surface area contributed by atoms with Crippen LogP contribution < -0.4 is 10.1 Å². The van der Waals surface area contributed by atoms with Crippen LogP contribution in [0.3, 0.4) is 0 Å². The molecule has 37 heavy (non-hydrogen) atoms. The first-order chi connectivity index (χ1) is 17.4. The van der Waals surface area contributed by atoms with E-state index >= 15 is 0 Å². The van der Waals surface area contributed by atoms with Crippen LogP contribution in [0.1, 0.15) is 29.4 Å². The fraction of sp³-hybridized carbons (Fsp3) is 0.417. The Morgan fingerprint density at radius 3 is 2.54 bits per heavy atom. The second-order valence-corrected chi connectivity index (χ2v) is 9.00. The van der Waals surface area contributed by atoms with Crippen LogP contribution in [0.2, 0.25) is 0 Å². The molecule has 1 N–H and O–H groups in total. The number of aryl methyl sites for hydroxylation is 1. The first kappa shape index (κ1) is 26.3. The van der Waals surface area contributed by atoms with Crippen molar-refractivity contribution in [1.29, 1.82) is 0 Å². The van der Waals surface area contributed by atoms with Gasteiger partial charge >= 0.3 is 6.18 Å². The number of anilines is 1. The summed E-state index contributed by atoms with van der Waals surface area (Å²) in [6.45, 7) is 0.781. The van der Waals surface area contributed by atoms with Crippen molar-refractivity contribution >= 4 is 11.7 Å². The van der Waals surface area contributed by atoms with Crippen LogP contribution in [-0.2, 0) is 13.2 Å². The summed E-state index contributed by atoms with van der Waals surface area (Å²) in [6, 6.07) is 4.62. The number of rotatable bonds is 6. The van der Waals surface area contributed by atoms with Crippen molar-refractivity contribution in [1.82, 2.24) is 24.6 Å². The van der Waals surface area contributed by atoms with Crippen LogP contribution in [0.4, 0.5) is 27.8 Å². The minimum absolute atomic E-state index is 0.00427.